The molecule has 0 radical (unpaired) electrons. The second-order valence-electron chi connectivity index (χ2n) is 6.87. The summed E-state index contributed by atoms with van der Waals surface area (Å²) < 4.78 is 12.3. The van der Waals surface area contributed by atoms with E-state index in [1.807, 2.05) is 80.6 Å². The largest absolute Gasteiger partial charge is 0.490 e. The molecular formula is C24H26BrN3O3. The number of halogens is 1. The number of ether oxygens (including phenoxy) is 2. The summed E-state index contributed by atoms with van der Waals surface area (Å²) in [5.41, 5.74) is 10.2. The lowest BCUT2D eigenvalue weighted by Crippen LogP contribution is -2.21. The van der Waals surface area contributed by atoms with Gasteiger partial charge in [-0.25, -0.2) is 5.43 Å². The van der Waals surface area contributed by atoms with E-state index >= 15 is 0 Å². The van der Waals surface area contributed by atoms with E-state index in [9.17, 15) is 4.79 Å². The molecule has 3 N–H and O–H groups in total. The second-order valence-corrected chi connectivity index (χ2v) is 7.73. The molecule has 3 aromatic carbocycles. The Labute approximate surface area is 191 Å². The van der Waals surface area contributed by atoms with Gasteiger partial charge < -0.3 is 20.2 Å². The van der Waals surface area contributed by atoms with Gasteiger partial charge in [0.25, 0.3) is 5.91 Å². The number of rotatable bonds is 10. The highest BCUT2D eigenvalue weighted by atomic mass is 79.9. The fourth-order valence-electron chi connectivity index (χ4n) is 2.83. The molecule has 0 spiro atoms. The van der Waals surface area contributed by atoms with Crippen molar-refractivity contribution < 1.29 is 14.3 Å². The van der Waals surface area contributed by atoms with Crippen molar-refractivity contribution >= 4 is 33.2 Å². The molecule has 7 heteroatoms. The Bertz CT molecular complexity index is 995. The van der Waals surface area contributed by atoms with Crippen LogP contribution in [0.2, 0.25) is 0 Å². The fraction of sp³-hybridized carbons (Fsp3) is 0.208. The van der Waals surface area contributed by atoms with Crippen LogP contribution in [0.3, 0.4) is 0 Å². The first-order chi connectivity index (χ1) is 15.0. The van der Waals surface area contributed by atoms with Crippen LogP contribution >= 0.6 is 15.9 Å². The van der Waals surface area contributed by atoms with Crippen LogP contribution in [0.5, 0.6) is 11.5 Å². The number of benzene rings is 3. The van der Waals surface area contributed by atoms with E-state index in [2.05, 4.69) is 32.1 Å². The third kappa shape index (κ3) is 7.01. The zero-order valence-electron chi connectivity index (χ0n) is 17.6. The van der Waals surface area contributed by atoms with Crippen molar-refractivity contribution in [3.05, 3.63) is 82.3 Å². The third-order valence-electron chi connectivity index (χ3n) is 4.39. The number of nitrogens with one attached hydrogen (secondary N) is 3. The molecule has 0 saturated carbocycles. The lowest BCUT2D eigenvalue weighted by Gasteiger charge is -2.16. The minimum Gasteiger partial charge on any atom is -0.490 e. The average Bonchev–Trinajstić information content (AvgIpc) is 2.77. The van der Waals surface area contributed by atoms with Gasteiger partial charge in [0, 0.05) is 22.4 Å². The number of carbonyl (C=O) groups is 1. The number of hydrogen-bond acceptors (Lipinski definition) is 5. The minimum atomic E-state index is -0.236. The molecule has 0 aliphatic carbocycles. The van der Waals surface area contributed by atoms with Gasteiger partial charge >= 0.3 is 0 Å². The summed E-state index contributed by atoms with van der Waals surface area (Å²) in [7, 11) is 0. The maximum atomic E-state index is 12.3. The summed E-state index contributed by atoms with van der Waals surface area (Å²) >= 11 is 3.58. The summed E-state index contributed by atoms with van der Waals surface area (Å²) in [5, 5.41) is 2.83. The van der Waals surface area contributed by atoms with Crippen LogP contribution in [0.1, 0.15) is 18.1 Å². The fourth-order valence-corrected chi connectivity index (χ4v) is 3.30. The zero-order chi connectivity index (χ0) is 22.1. The first-order valence-corrected chi connectivity index (χ1v) is 10.8. The number of amides is 1. The summed E-state index contributed by atoms with van der Waals surface area (Å²) in [6, 6.07) is 21.2. The predicted octanol–water partition coefficient (Wildman–Crippen LogP) is 5.29. The molecule has 0 saturated heterocycles. The highest BCUT2D eigenvalue weighted by Crippen LogP contribution is 2.34. The lowest BCUT2D eigenvalue weighted by molar-refractivity contribution is -0.118. The summed E-state index contributed by atoms with van der Waals surface area (Å²) in [6.07, 6.45) is 0. The number of hydrogen-bond donors (Lipinski definition) is 3. The van der Waals surface area contributed by atoms with E-state index < -0.39 is 0 Å². The molecule has 1 amide bonds. The highest BCUT2D eigenvalue weighted by molar-refractivity contribution is 9.10. The van der Waals surface area contributed by atoms with E-state index in [0.717, 1.165) is 27.0 Å². The first kappa shape index (κ1) is 22.7. The van der Waals surface area contributed by atoms with E-state index in [4.69, 9.17) is 9.47 Å². The quantitative estimate of drug-likeness (QED) is 0.341. The number of aryl methyl sites for hydroxylation is 1. The summed E-state index contributed by atoms with van der Waals surface area (Å²) in [5.74, 6) is 0.859. The maximum absolute atomic E-state index is 12.3. The Kier molecular flexibility index (Phi) is 8.32. The Hall–Kier alpha value is -3.03. The van der Waals surface area contributed by atoms with Crippen molar-refractivity contribution in [2.45, 2.75) is 20.4 Å². The number of carbonyl (C=O) groups excluding carboxylic acids is 1. The Morgan fingerprint density at radius 3 is 2.35 bits per heavy atom. The maximum Gasteiger partial charge on any atom is 0.262 e. The average molecular weight is 484 g/mol. The smallest absolute Gasteiger partial charge is 0.262 e. The van der Waals surface area contributed by atoms with Crippen LogP contribution in [0.25, 0.3) is 0 Å². The van der Waals surface area contributed by atoms with E-state index in [1.54, 1.807) is 0 Å². The molecular weight excluding hydrogens is 458 g/mol. The van der Waals surface area contributed by atoms with Gasteiger partial charge in [0.15, 0.2) is 18.1 Å². The Morgan fingerprint density at radius 2 is 1.65 bits per heavy atom. The lowest BCUT2D eigenvalue weighted by atomic mass is 10.2. The van der Waals surface area contributed by atoms with Crippen LogP contribution in [-0.4, -0.2) is 19.1 Å². The molecule has 0 fully saturated rings. The molecule has 3 rings (SSSR count). The Balaban J connectivity index is 1.60. The summed E-state index contributed by atoms with van der Waals surface area (Å²) in [6.45, 7) is 4.84. The van der Waals surface area contributed by atoms with Crippen LogP contribution < -0.4 is 25.6 Å². The molecule has 0 aromatic heterocycles. The molecule has 0 atom stereocenters. The molecule has 0 aliphatic heterocycles. The van der Waals surface area contributed by atoms with E-state index in [1.165, 1.54) is 0 Å². The molecule has 0 unspecified atom stereocenters. The molecule has 6 nitrogen and oxygen atoms in total. The van der Waals surface area contributed by atoms with Crippen molar-refractivity contribution in [2.24, 2.45) is 0 Å². The van der Waals surface area contributed by atoms with Crippen molar-refractivity contribution in [3.63, 3.8) is 0 Å². The first-order valence-electron chi connectivity index (χ1n) is 10.0. The van der Waals surface area contributed by atoms with Crippen LogP contribution in [0, 0.1) is 6.92 Å². The SMILES string of the molecule is CCOc1cc(CNNc2ccccc2)c(Br)cc1OCC(=O)Nc1ccc(C)cc1. The van der Waals surface area contributed by atoms with Gasteiger partial charge in [-0.05, 0) is 55.8 Å². The molecule has 162 valence electrons. The molecule has 31 heavy (non-hydrogen) atoms. The molecule has 3 aromatic rings. The van der Waals surface area contributed by atoms with Crippen LogP contribution in [0.4, 0.5) is 11.4 Å². The molecule has 0 heterocycles. The van der Waals surface area contributed by atoms with Gasteiger partial charge in [0.2, 0.25) is 0 Å². The zero-order valence-corrected chi connectivity index (χ0v) is 19.2. The predicted molar refractivity (Wildman–Crippen MR) is 128 cm³/mol. The highest BCUT2D eigenvalue weighted by Gasteiger charge is 2.13. The minimum absolute atomic E-state index is 0.118. The van der Waals surface area contributed by atoms with Crippen molar-refractivity contribution in [3.8, 4) is 11.5 Å². The molecule has 0 aliphatic rings. The third-order valence-corrected chi connectivity index (χ3v) is 5.13. The van der Waals surface area contributed by atoms with Gasteiger partial charge in [0.05, 0.1) is 6.61 Å². The van der Waals surface area contributed by atoms with E-state index in [-0.39, 0.29) is 12.5 Å². The molecule has 0 bridgehead atoms. The van der Waals surface area contributed by atoms with Gasteiger partial charge in [0.1, 0.15) is 0 Å². The standard InChI is InChI=1S/C24H26BrN3O3/c1-3-30-22-13-18(15-26-28-20-7-5-4-6-8-20)21(25)14-23(22)31-16-24(29)27-19-11-9-17(2)10-12-19/h4-14,26,28H,3,15-16H2,1-2H3,(H,27,29). The second kappa shape index (κ2) is 11.4. The van der Waals surface area contributed by atoms with Crippen molar-refractivity contribution in [1.29, 1.82) is 0 Å². The van der Waals surface area contributed by atoms with Crippen LogP contribution in [0.15, 0.2) is 71.2 Å². The van der Waals surface area contributed by atoms with Crippen LogP contribution in [-0.2, 0) is 11.3 Å². The monoisotopic (exact) mass is 483 g/mol. The van der Waals surface area contributed by atoms with Crippen molar-refractivity contribution in [1.82, 2.24) is 5.43 Å². The van der Waals surface area contributed by atoms with Gasteiger partial charge in [-0.2, -0.15) is 0 Å². The number of anilines is 2. The Morgan fingerprint density at radius 1 is 0.935 bits per heavy atom. The van der Waals surface area contributed by atoms with E-state index in [0.29, 0.717) is 24.7 Å². The topological polar surface area (TPSA) is 71.6 Å². The van der Waals surface area contributed by atoms with Gasteiger partial charge in [-0.3, -0.25) is 4.79 Å². The number of para-hydroxylation sites is 1. The van der Waals surface area contributed by atoms with Crippen molar-refractivity contribution in [2.75, 3.05) is 24.0 Å². The normalized spacial score (nSPS) is 10.4. The van der Waals surface area contributed by atoms with Gasteiger partial charge in [-0.1, -0.05) is 51.8 Å². The van der Waals surface area contributed by atoms with Gasteiger partial charge in [-0.15, -0.1) is 0 Å². The number of hydrazine groups is 1. The summed E-state index contributed by atoms with van der Waals surface area (Å²) in [4.78, 5) is 12.3.